The molecule has 13 heteroatoms. The van der Waals surface area contributed by atoms with E-state index in [1.54, 1.807) is 18.3 Å². The quantitative estimate of drug-likeness (QED) is 0.185. The summed E-state index contributed by atoms with van der Waals surface area (Å²) in [5.74, 6) is 1.60. The molecule has 0 aliphatic carbocycles. The SMILES string of the molecule is CCNc1nc(CCCCNC(=O)NCc2ccc(N)nc2)ccc1C(=O)NCCN1CCS(O)(O)CC1. The number of amides is 3. The van der Waals surface area contributed by atoms with Crippen molar-refractivity contribution in [2.45, 2.75) is 32.7 Å². The number of hydrogen-bond acceptors (Lipinski definition) is 9. The van der Waals surface area contributed by atoms with E-state index in [9.17, 15) is 18.7 Å². The molecule has 0 bridgehead atoms. The number of aryl methyl sites for hydroxylation is 1. The van der Waals surface area contributed by atoms with Crippen LogP contribution < -0.4 is 27.0 Å². The molecule has 1 fully saturated rings. The number of nitrogen functional groups attached to an aromatic ring is 1. The van der Waals surface area contributed by atoms with Crippen LogP contribution in [-0.4, -0.2) is 86.7 Å². The van der Waals surface area contributed by atoms with Crippen LogP contribution in [0.15, 0.2) is 30.5 Å². The average molecular weight is 549 g/mol. The Balaban J connectivity index is 1.36. The van der Waals surface area contributed by atoms with Gasteiger partial charge in [0.25, 0.3) is 5.91 Å². The Hall–Kier alpha value is -3.13. The maximum absolute atomic E-state index is 12.8. The van der Waals surface area contributed by atoms with Crippen molar-refractivity contribution >= 4 is 34.2 Å². The van der Waals surface area contributed by atoms with Crippen LogP contribution >= 0.6 is 10.6 Å². The maximum Gasteiger partial charge on any atom is 0.315 e. The maximum atomic E-state index is 12.8. The van der Waals surface area contributed by atoms with Crippen molar-refractivity contribution in [2.24, 2.45) is 0 Å². The molecule has 8 N–H and O–H groups in total. The number of urea groups is 1. The third-order valence-electron chi connectivity index (χ3n) is 6.17. The first kappa shape index (κ1) is 29.4. The largest absolute Gasteiger partial charge is 0.384 e. The Morgan fingerprint density at radius 3 is 2.55 bits per heavy atom. The molecule has 1 aliphatic rings. The summed E-state index contributed by atoms with van der Waals surface area (Å²) < 4.78 is 19.5. The molecule has 0 atom stereocenters. The molecule has 1 saturated heterocycles. The number of hydrogen-bond donors (Lipinski definition) is 7. The number of pyridine rings is 2. The normalized spacial score (nSPS) is 15.9. The van der Waals surface area contributed by atoms with Gasteiger partial charge in [0.2, 0.25) is 0 Å². The lowest BCUT2D eigenvalue weighted by molar-refractivity contribution is 0.0949. The molecule has 12 nitrogen and oxygen atoms in total. The third-order valence-corrected chi connectivity index (χ3v) is 7.84. The first-order valence-electron chi connectivity index (χ1n) is 13.0. The Morgan fingerprint density at radius 2 is 1.84 bits per heavy atom. The van der Waals surface area contributed by atoms with Crippen molar-refractivity contribution in [1.29, 1.82) is 0 Å². The summed E-state index contributed by atoms with van der Waals surface area (Å²) in [5, 5.41) is 11.8. The summed E-state index contributed by atoms with van der Waals surface area (Å²) in [5.41, 5.74) is 7.81. The predicted octanol–water partition coefficient (Wildman–Crippen LogP) is 2.11. The molecule has 0 saturated carbocycles. The van der Waals surface area contributed by atoms with Crippen LogP contribution in [0.5, 0.6) is 0 Å². The fourth-order valence-electron chi connectivity index (χ4n) is 3.95. The highest BCUT2D eigenvalue weighted by molar-refractivity contribution is 8.24. The number of nitrogens with zero attached hydrogens (tertiary/aromatic N) is 3. The van der Waals surface area contributed by atoms with Gasteiger partial charge in [-0.15, -0.1) is 0 Å². The highest BCUT2D eigenvalue weighted by Crippen LogP contribution is 2.40. The lowest BCUT2D eigenvalue weighted by Gasteiger charge is -2.40. The van der Waals surface area contributed by atoms with E-state index in [4.69, 9.17) is 5.73 Å². The van der Waals surface area contributed by atoms with Gasteiger partial charge in [0.15, 0.2) is 0 Å². The van der Waals surface area contributed by atoms with Crippen molar-refractivity contribution in [3.8, 4) is 0 Å². The second kappa shape index (κ2) is 14.7. The number of aromatic nitrogens is 2. The van der Waals surface area contributed by atoms with Crippen LogP contribution in [0.25, 0.3) is 0 Å². The van der Waals surface area contributed by atoms with Crippen molar-refractivity contribution in [2.75, 3.05) is 61.8 Å². The van der Waals surface area contributed by atoms with Crippen molar-refractivity contribution in [3.05, 3.63) is 47.3 Å². The minimum Gasteiger partial charge on any atom is -0.384 e. The number of nitrogens with two attached hydrogens (primary N) is 1. The van der Waals surface area contributed by atoms with Gasteiger partial charge in [-0.25, -0.2) is 14.8 Å². The Kier molecular flexibility index (Phi) is 11.4. The lowest BCUT2D eigenvalue weighted by atomic mass is 10.1. The zero-order chi connectivity index (χ0) is 27.4. The summed E-state index contributed by atoms with van der Waals surface area (Å²) in [7, 11) is -2.42. The topological polar surface area (TPSA) is 178 Å². The number of nitrogens with one attached hydrogen (secondary N) is 4. The molecule has 1 aliphatic heterocycles. The standard InChI is InChI=1S/C25H40N8O4S/c1-2-27-23-21(24(34)28-11-12-33-13-15-38(36,37)16-14-33)8-7-20(32-23)5-3-4-10-29-25(35)31-18-19-6-9-22(26)30-17-19/h6-9,17,36-37H,2-5,10-16,18H2,1H3,(H2,26,30)(H,27,32)(H,28,34)(H2,29,31,35). The summed E-state index contributed by atoms with van der Waals surface area (Å²) in [6, 6.07) is 6.94. The second-order valence-electron chi connectivity index (χ2n) is 9.19. The smallest absolute Gasteiger partial charge is 0.315 e. The number of carbonyl (C=O) groups excluding carboxylic acids is 2. The van der Waals surface area contributed by atoms with Gasteiger partial charge in [0, 0.05) is 57.7 Å². The zero-order valence-corrected chi connectivity index (χ0v) is 22.7. The van der Waals surface area contributed by atoms with E-state index in [1.807, 2.05) is 19.1 Å². The van der Waals surface area contributed by atoms with Gasteiger partial charge in [0.05, 0.1) is 17.1 Å². The van der Waals surface area contributed by atoms with Crippen LogP contribution in [0.2, 0.25) is 0 Å². The van der Waals surface area contributed by atoms with Crippen LogP contribution in [0.3, 0.4) is 0 Å². The summed E-state index contributed by atoms with van der Waals surface area (Å²) in [6.45, 7) is 5.90. The monoisotopic (exact) mass is 548 g/mol. The summed E-state index contributed by atoms with van der Waals surface area (Å²) >= 11 is 0. The second-order valence-corrected chi connectivity index (χ2v) is 11.6. The first-order valence-corrected chi connectivity index (χ1v) is 14.8. The first-order chi connectivity index (χ1) is 18.3. The van der Waals surface area contributed by atoms with E-state index < -0.39 is 10.6 Å². The molecule has 38 heavy (non-hydrogen) atoms. The van der Waals surface area contributed by atoms with Gasteiger partial charge in [-0.2, -0.15) is 10.6 Å². The minimum atomic E-state index is -2.42. The van der Waals surface area contributed by atoms with Crippen molar-refractivity contribution < 1.29 is 18.7 Å². The molecule has 2 aromatic rings. The number of carbonyl (C=O) groups is 2. The van der Waals surface area contributed by atoms with E-state index in [2.05, 4.69) is 36.1 Å². The molecule has 0 aromatic carbocycles. The van der Waals surface area contributed by atoms with E-state index >= 15 is 0 Å². The molecular weight excluding hydrogens is 508 g/mol. The number of unbranched alkanes of at least 4 members (excludes halogenated alkanes) is 1. The lowest BCUT2D eigenvalue weighted by Crippen LogP contribution is -2.42. The fraction of sp³-hybridized carbons (Fsp3) is 0.520. The van der Waals surface area contributed by atoms with Crippen LogP contribution in [0, 0.1) is 0 Å². The molecule has 210 valence electrons. The molecular formula is C25H40N8O4S. The average Bonchev–Trinajstić information content (AvgIpc) is 2.89. The summed E-state index contributed by atoms with van der Waals surface area (Å²) in [4.78, 5) is 35.5. The summed E-state index contributed by atoms with van der Waals surface area (Å²) in [6.07, 6.45) is 4.00. The van der Waals surface area contributed by atoms with Crippen molar-refractivity contribution in [3.63, 3.8) is 0 Å². The van der Waals surface area contributed by atoms with Gasteiger partial charge >= 0.3 is 6.03 Å². The zero-order valence-electron chi connectivity index (χ0n) is 21.9. The highest BCUT2D eigenvalue weighted by Gasteiger charge is 2.22. The van der Waals surface area contributed by atoms with Crippen LogP contribution in [0.1, 0.15) is 41.4 Å². The molecule has 0 unspecified atom stereocenters. The minimum absolute atomic E-state index is 0.189. The Morgan fingerprint density at radius 1 is 1.05 bits per heavy atom. The molecule has 3 amide bonds. The number of anilines is 2. The van der Waals surface area contributed by atoms with Crippen LogP contribution in [0.4, 0.5) is 16.4 Å². The molecule has 3 rings (SSSR count). The predicted molar refractivity (Wildman–Crippen MR) is 152 cm³/mol. The molecule has 2 aromatic heterocycles. The van der Waals surface area contributed by atoms with Crippen LogP contribution in [-0.2, 0) is 13.0 Å². The van der Waals surface area contributed by atoms with E-state index in [0.717, 1.165) is 30.5 Å². The van der Waals surface area contributed by atoms with Gasteiger partial charge in [-0.05, 0) is 49.9 Å². The highest BCUT2D eigenvalue weighted by atomic mass is 32.3. The van der Waals surface area contributed by atoms with Crippen molar-refractivity contribution in [1.82, 2.24) is 30.8 Å². The third kappa shape index (κ3) is 9.97. The molecule has 0 spiro atoms. The van der Waals surface area contributed by atoms with Gasteiger partial charge in [-0.1, -0.05) is 6.07 Å². The van der Waals surface area contributed by atoms with E-state index in [-0.39, 0.29) is 11.9 Å². The molecule has 0 radical (unpaired) electrons. The van der Waals surface area contributed by atoms with Gasteiger partial charge < -0.3 is 27.0 Å². The Bertz CT molecular complexity index is 1040. The number of rotatable bonds is 13. The fourth-order valence-corrected chi connectivity index (χ4v) is 5.26. The Labute approximate surface area is 225 Å². The van der Waals surface area contributed by atoms with Gasteiger partial charge in [0.1, 0.15) is 11.6 Å². The van der Waals surface area contributed by atoms with Gasteiger partial charge in [-0.3, -0.25) is 18.8 Å². The molecule has 3 heterocycles. The van der Waals surface area contributed by atoms with E-state index in [0.29, 0.717) is 74.5 Å². The van der Waals surface area contributed by atoms with E-state index in [1.165, 1.54) is 0 Å².